The quantitative estimate of drug-likeness (QED) is 0.875. The van der Waals surface area contributed by atoms with Crippen LogP contribution in [0.2, 0.25) is 0 Å². The van der Waals surface area contributed by atoms with Gasteiger partial charge in [0.15, 0.2) is 0 Å². The summed E-state index contributed by atoms with van der Waals surface area (Å²) in [5, 5.41) is 0. The van der Waals surface area contributed by atoms with E-state index in [1.165, 1.54) is 5.56 Å². The average molecular weight is 261 g/mol. The first-order valence-electron chi connectivity index (χ1n) is 6.84. The fourth-order valence-corrected chi connectivity index (χ4v) is 2.68. The van der Waals surface area contributed by atoms with Crippen LogP contribution in [0.25, 0.3) is 0 Å². The second kappa shape index (κ2) is 5.72. The molecule has 4 heteroatoms. The van der Waals surface area contributed by atoms with Crippen LogP contribution in [0.4, 0.5) is 5.69 Å². The van der Waals surface area contributed by atoms with Gasteiger partial charge in [-0.1, -0.05) is 12.1 Å². The Morgan fingerprint density at radius 1 is 1.42 bits per heavy atom. The Hall–Kier alpha value is -1.39. The number of rotatable bonds is 2. The van der Waals surface area contributed by atoms with Gasteiger partial charge in [0.1, 0.15) is 6.04 Å². The van der Waals surface area contributed by atoms with Crippen LogP contribution in [-0.4, -0.2) is 43.0 Å². The predicted octanol–water partition coefficient (Wildman–Crippen LogP) is 1.38. The number of nitrogens with zero attached hydrogens (tertiary/aromatic N) is 2. The second-order valence-corrected chi connectivity index (χ2v) is 5.42. The molecule has 1 aromatic rings. The van der Waals surface area contributed by atoms with E-state index in [0.29, 0.717) is 6.54 Å². The fraction of sp³-hybridized carbons (Fsp3) is 0.533. The van der Waals surface area contributed by atoms with Crippen molar-refractivity contribution >= 4 is 11.6 Å². The van der Waals surface area contributed by atoms with Crippen molar-refractivity contribution in [3.63, 3.8) is 0 Å². The number of amides is 1. The number of carbonyl (C=O) groups excluding carboxylic acids is 1. The minimum Gasteiger partial charge on any atom is -0.328 e. The average Bonchev–Trinajstić information content (AvgIpc) is 2.47. The molecule has 0 radical (unpaired) electrons. The van der Waals surface area contributed by atoms with Gasteiger partial charge >= 0.3 is 0 Å². The van der Waals surface area contributed by atoms with Gasteiger partial charge in [-0.25, -0.2) is 0 Å². The number of benzene rings is 1. The van der Waals surface area contributed by atoms with Crippen molar-refractivity contribution in [2.45, 2.75) is 32.4 Å². The van der Waals surface area contributed by atoms with E-state index in [-0.39, 0.29) is 18.0 Å². The Kier molecular flexibility index (Phi) is 4.22. The van der Waals surface area contributed by atoms with Crippen molar-refractivity contribution in [1.82, 2.24) is 4.90 Å². The molecule has 0 saturated carbocycles. The Balaban J connectivity index is 2.38. The zero-order valence-electron chi connectivity index (χ0n) is 12.0. The molecular formula is C15H23N3O. The van der Waals surface area contributed by atoms with Crippen molar-refractivity contribution in [1.29, 1.82) is 0 Å². The Morgan fingerprint density at radius 3 is 2.79 bits per heavy atom. The molecule has 2 rings (SSSR count). The monoisotopic (exact) mass is 261 g/mol. The van der Waals surface area contributed by atoms with E-state index in [0.717, 1.165) is 18.7 Å². The van der Waals surface area contributed by atoms with E-state index in [1.54, 1.807) is 0 Å². The first kappa shape index (κ1) is 14.0. The zero-order chi connectivity index (χ0) is 14.0. The largest absolute Gasteiger partial charge is 0.328 e. The maximum Gasteiger partial charge on any atom is 0.245 e. The topological polar surface area (TPSA) is 49.6 Å². The lowest BCUT2D eigenvalue weighted by molar-refractivity contribution is -0.122. The summed E-state index contributed by atoms with van der Waals surface area (Å²) in [6.07, 6.45) is 0.965. The van der Waals surface area contributed by atoms with Gasteiger partial charge in [-0.3, -0.25) is 9.69 Å². The summed E-state index contributed by atoms with van der Waals surface area (Å²) in [5.74, 6) is 0.112. The molecule has 1 fully saturated rings. The van der Waals surface area contributed by atoms with Crippen LogP contribution in [0, 0.1) is 6.92 Å². The van der Waals surface area contributed by atoms with Crippen LogP contribution < -0.4 is 10.6 Å². The number of aryl methyl sites for hydroxylation is 1. The summed E-state index contributed by atoms with van der Waals surface area (Å²) in [4.78, 5) is 16.7. The number of nitrogens with two attached hydrogens (primary N) is 1. The standard InChI is InChI=1S/C15H23N3O/c1-11-5-4-6-13(9-11)18-12(2)7-8-17(3)14(10-16)15(18)19/h4-6,9,12,14H,7-8,10,16H2,1-3H3. The van der Waals surface area contributed by atoms with Crippen molar-refractivity contribution in [3.05, 3.63) is 29.8 Å². The maximum absolute atomic E-state index is 12.7. The van der Waals surface area contributed by atoms with Gasteiger partial charge in [-0.2, -0.15) is 0 Å². The van der Waals surface area contributed by atoms with Crippen LogP contribution in [0.3, 0.4) is 0 Å². The van der Waals surface area contributed by atoms with E-state index in [2.05, 4.69) is 17.9 Å². The summed E-state index contributed by atoms with van der Waals surface area (Å²) in [6.45, 7) is 5.41. The van der Waals surface area contributed by atoms with Crippen LogP contribution in [-0.2, 0) is 4.79 Å². The molecule has 0 aliphatic carbocycles. The summed E-state index contributed by atoms with van der Waals surface area (Å²) in [7, 11) is 1.97. The second-order valence-electron chi connectivity index (χ2n) is 5.42. The molecule has 1 amide bonds. The van der Waals surface area contributed by atoms with Crippen LogP contribution >= 0.6 is 0 Å². The highest BCUT2D eigenvalue weighted by atomic mass is 16.2. The first-order chi connectivity index (χ1) is 9.04. The molecule has 4 nitrogen and oxygen atoms in total. The van der Waals surface area contributed by atoms with Crippen molar-refractivity contribution in [2.24, 2.45) is 5.73 Å². The molecule has 2 unspecified atom stereocenters. The number of carbonyl (C=O) groups is 1. The highest BCUT2D eigenvalue weighted by Crippen LogP contribution is 2.24. The number of hydrogen-bond acceptors (Lipinski definition) is 3. The van der Waals surface area contributed by atoms with Gasteiger partial charge in [0.05, 0.1) is 0 Å². The Morgan fingerprint density at radius 2 is 2.16 bits per heavy atom. The van der Waals surface area contributed by atoms with E-state index < -0.39 is 0 Å². The molecule has 1 aliphatic heterocycles. The normalized spacial score (nSPS) is 25.5. The highest BCUT2D eigenvalue weighted by Gasteiger charge is 2.33. The molecule has 2 atom stereocenters. The maximum atomic E-state index is 12.7. The lowest BCUT2D eigenvalue weighted by Crippen LogP contribution is -2.50. The summed E-state index contributed by atoms with van der Waals surface area (Å²) >= 11 is 0. The van der Waals surface area contributed by atoms with E-state index >= 15 is 0 Å². The van der Waals surface area contributed by atoms with Crippen LogP contribution in [0.15, 0.2) is 24.3 Å². The van der Waals surface area contributed by atoms with E-state index in [1.807, 2.05) is 37.1 Å². The van der Waals surface area contributed by atoms with Gasteiger partial charge in [0, 0.05) is 24.8 Å². The molecule has 1 saturated heterocycles. The molecule has 0 spiro atoms. The van der Waals surface area contributed by atoms with Crippen LogP contribution in [0.5, 0.6) is 0 Å². The van der Waals surface area contributed by atoms with Gasteiger partial charge in [0.2, 0.25) is 5.91 Å². The van der Waals surface area contributed by atoms with Crippen LogP contribution in [0.1, 0.15) is 18.9 Å². The highest BCUT2D eigenvalue weighted by molar-refractivity contribution is 5.98. The molecule has 0 aromatic heterocycles. The SMILES string of the molecule is Cc1cccc(N2C(=O)C(CN)N(C)CCC2C)c1. The Bertz CT molecular complexity index is 460. The molecular weight excluding hydrogens is 238 g/mol. The number of hydrogen-bond donors (Lipinski definition) is 1. The number of anilines is 1. The molecule has 19 heavy (non-hydrogen) atoms. The lowest BCUT2D eigenvalue weighted by Gasteiger charge is -2.30. The summed E-state index contributed by atoms with van der Waals surface area (Å²) in [6, 6.07) is 8.09. The van der Waals surface area contributed by atoms with Gasteiger partial charge in [-0.05, 0) is 45.0 Å². The summed E-state index contributed by atoms with van der Waals surface area (Å²) < 4.78 is 0. The predicted molar refractivity (Wildman–Crippen MR) is 78.2 cm³/mol. The zero-order valence-corrected chi connectivity index (χ0v) is 12.0. The van der Waals surface area contributed by atoms with Crippen molar-refractivity contribution in [3.8, 4) is 0 Å². The van der Waals surface area contributed by atoms with E-state index in [9.17, 15) is 4.79 Å². The van der Waals surface area contributed by atoms with Crippen molar-refractivity contribution < 1.29 is 4.79 Å². The van der Waals surface area contributed by atoms with E-state index in [4.69, 9.17) is 5.73 Å². The lowest BCUT2D eigenvalue weighted by atomic mass is 10.1. The third kappa shape index (κ3) is 2.80. The number of likely N-dealkylation sites (N-methyl/N-ethyl adjacent to an activating group) is 1. The van der Waals surface area contributed by atoms with Gasteiger partial charge in [0.25, 0.3) is 0 Å². The fourth-order valence-electron chi connectivity index (χ4n) is 2.68. The Labute approximate surface area is 115 Å². The molecule has 1 aliphatic rings. The molecule has 104 valence electrons. The third-order valence-electron chi connectivity index (χ3n) is 3.90. The minimum atomic E-state index is -0.217. The molecule has 1 aromatic carbocycles. The first-order valence-corrected chi connectivity index (χ1v) is 6.84. The summed E-state index contributed by atoms with van der Waals surface area (Å²) in [5.41, 5.74) is 7.92. The smallest absolute Gasteiger partial charge is 0.245 e. The third-order valence-corrected chi connectivity index (χ3v) is 3.90. The minimum absolute atomic E-state index is 0.112. The molecule has 0 bridgehead atoms. The van der Waals surface area contributed by atoms with Gasteiger partial charge in [-0.15, -0.1) is 0 Å². The molecule has 1 heterocycles. The van der Waals surface area contributed by atoms with Crippen molar-refractivity contribution in [2.75, 3.05) is 25.0 Å². The van der Waals surface area contributed by atoms with Gasteiger partial charge < -0.3 is 10.6 Å². The molecule has 2 N–H and O–H groups in total.